The predicted molar refractivity (Wildman–Crippen MR) is 133 cm³/mol. The molecule has 30 heavy (non-hydrogen) atoms. The molecule has 0 spiro atoms. The summed E-state index contributed by atoms with van der Waals surface area (Å²) in [6.07, 6.45) is 4.48. The van der Waals surface area contributed by atoms with E-state index >= 15 is 0 Å². The van der Waals surface area contributed by atoms with Crippen LogP contribution in [-0.2, 0) is 12.8 Å². The van der Waals surface area contributed by atoms with E-state index in [1.807, 2.05) is 24.3 Å². The van der Waals surface area contributed by atoms with E-state index in [4.69, 9.17) is 23.2 Å². The number of hydrogen-bond donors (Lipinski definition) is 0. The maximum Gasteiger partial charge on any atom is 0.0406 e. The van der Waals surface area contributed by atoms with E-state index in [-0.39, 0.29) is 0 Å². The van der Waals surface area contributed by atoms with Crippen LogP contribution in [0.4, 0.5) is 0 Å². The van der Waals surface area contributed by atoms with Gasteiger partial charge in [-0.25, -0.2) is 0 Å². The molecule has 3 rings (SSSR count). The van der Waals surface area contributed by atoms with Crippen LogP contribution in [0, 0.1) is 11.8 Å². The summed E-state index contributed by atoms with van der Waals surface area (Å²) in [6.45, 7) is 9.11. The van der Waals surface area contributed by atoms with E-state index in [0.717, 1.165) is 34.0 Å². The highest BCUT2D eigenvalue weighted by Gasteiger charge is 2.11. The molecule has 156 valence electrons. The minimum absolute atomic E-state index is 0.598. The molecular formula is C28H30Cl2. The van der Waals surface area contributed by atoms with Crippen molar-refractivity contribution < 1.29 is 0 Å². The van der Waals surface area contributed by atoms with Gasteiger partial charge in [-0.3, -0.25) is 0 Å². The highest BCUT2D eigenvalue weighted by atomic mass is 35.5. The smallest absolute Gasteiger partial charge is 0.0406 e. The van der Waals surface area contributed by atoms with Crippen LogP contribution in [0.5, 0.6) is 0 Å². The first-order valence-electron chi connectivity index (χ1n) is 10.7. The number of rotatable bonds is 7. The van der Waals surface area contributed by atoms with Gasteiger partial charge >= 0.3 is 0 Å². The van der Waals surface area contributed by atoms with Crippen molar-refractivity contribution in [2.24, 2.45) is 11.8 Å². The van der Waals surface area contributed by atoms with Gasteiger partial charge < -0.3 is 0 Å². The normalized spacial score (nSPS) is 11.2. The Morgan fingerprint density at radius 3 is 1.67 bits per heavy atom. The Labute approximate surface area is 191 Å². The Morgan fingerprint density at radius 1 is 0.700 bits per heavy atom. The molecule has 0 aliphatic carbocycles. The van der Waals surface area contributed by atoms with Gasteiger partial charge in [-0.1, -0.05) is 93.4 Å². The van der Waals surface area contributed by atoms with Crippen LogP contribution in [0.2, 0.25) is 10.0 Å². The summed E-state index contributed by atoms with van der Waals surface area (Å²) >= 11 is 12.3. The summed E-state index contributed by atoms with van der Waals surface area (Å²) in [5.74, 6) is 1.25. The predicted octanol–water partition coefficient (Wildman–Crippen LogP) is 8.98. The lowest BCUT2D eigenvalue weighted by molar-refractivity contribution is 0.635. The summed E-state index contributed by atoms with van der Waals surface area (Å²) in [4.78, 5) is 0. The molecule has 0 radical (unpaired) electrons. The molecule has 0 bridgehead atoms. The van der Waals surface area contributed by atoms with Crippen LogP contribution >= 0.6 is 23.2 Å². The first-order valence-corrected chi connectivity index (χ1v) is 11.4. The zero-order valence-corrected chi connectivity index (χ0v) is 19.8. The molecule has 0 heterocycles. The van der Waals surface area contributed by atoms with Crippen LogP contribution in [-0.4, -0.2) is 0 Å². The maximum atomic E-state index is 6.15. The van der Waals surface area contributed by atoms with Crippen molar-refractivity contribution >= 4 is 34.9 Å². The van der Waals surface area contributed by atoms with Crippen molar-refractivity contribution in [1.82, 2.24) is 0 Å². The Morgan fingerprint density at radius 2 is 1.20 bits per heavy atom. The lowest BCUT2D eigenvalue weighted by Crippen LogP contribution is -2.01. The minimum Gasteiger partial charge on any atom is -0.0843 e. The lowest BCUT2D eigenvalue weighted by Gasteiger charge is -2.15. The van der Waals surface area contributed by atoms with Crippen molar-refractivity contribution in [3.8, 4) is 0 Å². The van der Waals surface area contributed by atoms with Crippen molar-refractivity contribution in [3.05, 3.63) is 105 Å². The van der Waals surface area contributed by atoms with E-state index in [2.05, 4.69) is 76.2 Å². The Kier molecular flexibility index (Phi) is 7.81. The molecule has 0 atom stereocenters. The van der Waals surface area contributed by atoms with Gasteiger partial charge in [0.25, 0.3) is 0 Å². The van der Waals surface area contributed by atoms with Crippen molar-refractivity contribution in [2.75, 3.05) is 0 Å². The summed E-state index contributed by atoms with van der Waals surface area (Å²) in [7, 11) is 0. The molecule has 0 fully saturated rings. The quantitative estimate of drug-likeness (QED) is 0.324. The Balaban J connectivity index is 2.13. The van der Waals surface area contributed by atoms with Crippen LogP contribution in [0.3, 0.4) is 0 Å². The zero-order chi connectivity index (χ0) is 21.7. The van der Waals surface area contributed by atoms with Gasteiger partial charge in [-0.2, -0.15) is 0 Å². The first kappa shape index (κ1) is 22.7. The third-order valence-corrected chi connectivity index (χ3v) is 5.59. The standard InChI is InChI=1S/C28H30Cl2/c1-19(2)15-21-5-6-24(25(17-21)16-20(3)4)18-28(22-7-11-26(29)12-8-22)23-9-13-27(30)14-10-23/h5-14,17-20H,15-16H2,1-4H3. The van der Waals surface area contributed by atoms with E-state index < -0.39 is 0 Å². The molecule has 0 N–H and O–H groups in total. The summed E-state index contributed by atoms with van der Waals surface area (Å²) in [5.41, 5.74) is 7.55. The zero-order valence-electron chi connectivity index (χ0n) is 18.3. The fraction of sp³-hybridized carbons (Fsp3) is 0.286. The minimum atomic E-state index is 0.598. The second-order valence-electron chi connectivity index (χ2n) is 8.80. The monoisotopic (exact) mass is 436 g/mol. The largest absolute Gasteiger partial charge is 0.0843 e. The molecule has 0 amide bonds. The highest BCUT2D eigenvalue weighted by Crippen LogP contribution is 2.30. The lowest BCUT2D eigenvalue weighted by atomic mass is 9.90. The highest BCUT2D eigenvalue weighted by molar-refractivity contribution is 6.31. The number of benzene rings is 3. The van der Waals surface area contributed by atoms with Crippen LogP contribution in [0.15, 0.2) is 66.7 Å². The van der Waals surface area contributed by atoms with Crippen molar-refractivity contribution in [1.29, 1.82) is 0 Å². The second kappa shape index (κ2) is 10.3. The van der Waals surface area contributed by atoms with E-state index in [1.165, 1.54) is 22.3 Å². The summed E-state index contributed by atoms with van der Waals surface area (Å²) < 4.78 is 0. The average molecular weight is 437 g/mol. The molecule has 0 aliphatic rings. The third-order valence-electron chi connectivity index (χ3n) is 5.09. The molecule has 3 aromatic carbocycles. The van der Waals surface area contributed by atoms with Gasteiger partial charge in [0.05, 0.1) is 0 Å². The molecule has 3 aromatic rings. The third kappa shape index (κ3) is 6.24. The van der Waals surface area contributed by atoms with Gasteiger partial charge in [0.1, 0.15) is 0 Å². The number of hydrogen-bond acceptors (Lipinski definition) is 0. The fourth-order valence-electron chi connectivity index (χ4n) is 3.76. The number of halogens is 2. The van der Waals surface area contributed by atoms with Gasteiger partial charge in [0.2, 0.25) is 0 Å². The van der Waals surface area contributed by atoms with Crippen LogP contribution in [0.1, 0.15) is 55.5 Å². The second-order valence-corrected chi connectivity index (χ2v) is 9.67. The molecule has 0 aromatic heterocycles. The molecule has 0 aliphatic heterocycles. The van der Waals surface area contributed by atoms with Gasteiger partial charge in [0, 0.05) is 10.0 Å². The summed E-state index contributed by atoms with van der Waals surface area (Å²) in [6, 6.07) is 23.1. The SMILES string of the molecule is CC(C)Cc1ccc(C=C(c2ccc(Cl)cc2)c2ccc(Cl)cc2)c(CC(C)C)c1. The Bertz CT molecular complexity index is 946. The average Bonchev–Trinajstić information content (AvgIpc) is 2.68. The topological polar surface area (TPSA) is 0 Å². The fourth-order valence-corrected chi connectivity index (χ4v) is 4.01. The molecule has 0 saturated carbocycles. The van der Waals surface area contributed by atoms with E-state index in [0.29, 0.717) is 11.8 Å². The van der Waals surface area contributed by atoms with E-state index in [9.17, 15) is 0 Å². The summed E-state index contributed by atoms with van der Waals surface area (Å²) in [5, 5.41) is 1.49. The Hall–Kier alpha value is -2.02. The molecule has 2 heteroatoms. The van der Waals surface area contributed by atoms with Crippen LogP contribution < -0.4 is 0 Å². The molecule has 0 nitrogen and oxygen atoms in total. The molecule has 0 saturated heterocycles. The van der Waals surface area contributed by atoms with Crippen molar-refractivity contribution in [2.45, 2.75) is 40.5 Å². The molecule has 0 unspecified atom stereocenters. The van der Waals surface area contributed by atoms with Gasteiger partial charge in [-0.15, -0.1) is 0 Å². The van der Waals surface area contributed by atoms with Gasteiger partial charge in [-0.05, 0) is 88.4 Å². The molecular weight excluding hydrogens is 407 g/mol. The first-order chi connectivity index (χ1) is 14.3. The van der Waals surface area contributed by atoms with Crippen LogP contribution in [0.25, 0.3) is 11.6 Å². The van der Waals surface area contributed by atoms with Crippen molar-refractivity contribution in [3.63, 3.8) is 0 Å². The van der Waals surface area contributed by atoms with Gasteiger partial charge in [0.15, 0.2) is 0 Å². The van der Waals surface area contributed by atoms with E-state index in [1.54, 1.807) is 0 Å². The maximum absolute atomic E-state index is 6.15.